The molecule has 0 spiro atoms. The third kappa shape index (κ3) is 4.33. The minimum atomic E-state index is -2.17. The first-order chi connectivity index (χ1) is 15.4. The van der Waals surface area contributed by atoms with Crippen molar-refractivity contribution in [3.63, 3.8) is 0 Å². The van der Waals surface area contributed by atoms with Gasteiger partial charge in [-0.25, -0.2) is 14.2 Å². The van der Waals surface area contributed by atoms with Crippen molar-refractivity contribution >= 4 is 61.0 Å². The maximum Gasteiger partial charge on any atom is 0.239 e. The van der Waals surface area contributed by atoms with Crippen LogP contribution in [0.2, 0.25) is 10.2 Å². The van der Waals surface area contributed by atoms with Crippen molar-refractivity contribution in [2.24, 2.45) is 4.36 Å². The lowest BCUT2D eigenvalue weighted by Crippen LogP contribution is -2.30. The maximum absolute atomic E-state index is 12.5. The molecule has 3 aromatic rings. The van der Waals surface area contributed by atoms with Crippen LogP contribution < -0.4 is 10.1 Å². The smallest absolute Gasteiger partial charge is 0.239 e. The fourth-order valence-corrected chi connectivity index (χ4v) is 5.35. The van der Waals surface area contributed by atoms with Crippen LogP contribution in [0.4, 0.5) is 17.2 Å². The predicted molar refractivity (Wildman–Crippen MR) is 123 cm³/mol. The molecule has 2 saturated heterocycles. The molecule has 2 N–H and O–H groups in total. The molecule has 0 bridgehead atoms. The van der Waals surface area contributed by atoms with Crippen LogP contribution in [0.25, 0.3) is 10.9 Å². The Balaban J connectivity index is 1.51. The lowest BCUT2D eigenvalue weighted by Gasteiger charge is -2.19. The zero-order valence-corrected chi connectivity index (χ0v) is 19.0. The fraction of sp³-hybridized carbons (Fsp3) is 0.350. The van der Waals surface area contributed by atoms with Crippen LogP contribution in [0.5, 0.6) is 5.88 Å². The summed E-state index contributed by atoms with van der Waals surface area (Å²) in [5.74, 6) is 1.83. The summed E-state index contributed by atoms with van der Waals surface area (Å²) in [6.07, 6.45) is 0.989. The molecule has 9 nitrogen and oxygen atoms in total. The van der Waals surface area contributed by atoms with Gasteiger partial charge < -0.3 is 19.9 Å². The van der Waals surface area contributed by atoms with Gasteiger partial charge in [0.2, 0.25) is 5.88 Å². The summed E-state index contributed by atoms with van der Waals surface area (Å²) in [7, 11) is -2.17. The average molecular weight is 496 g/mol. The molecule has 0 unspecified atom stereocenters. The molecular weight excluding hydrogens is 477 g/mol. The fourth-order valence-electron chi connectivity index (χ4n) is 3.46. The van der Waals surface area contributed by atoms with Gasteiger partial charge in [-0.2, -0.15) is 9.35 Å². The molecule has 4 heterocycles. The number of nitrogens with zero attached hydrogens (tertiary/aromatic N) is 4. The molecule has 2 aromatic heterocycles. The van der Waals surface area contributed by atoms with E-state index < -0.39 is 21.9 Å². The quantitative estimate of drug-likeness (QED) is 0.514. The number of fused-ring (bicyclic) bond motifs is 1. The average Bonchev–Trinajstić information content (AvgIpc) is 3.13. The first-order valence-corrected chi connectivity index (χ1v) is 12.5. The minimum Gasteiger partial charge on any atom is -0.468 e. The number of hydrogen-bond acceptors (Lipinski definition) is 9. The number of pyridine rings is 1. The van der Waals surface area contributed by atoms with Crippen LogP contribution in [-0.4, -0.2) is 61.2 Å². The molecular formula is C20H19Cl2N5O4S. The number of anilines is 2. The Hall–Kier alpha value is -2.24. The van der Waals surface area contributed by atoms with E-state index in [0.29, 0.717) is 44.6 Å². The van der Waals surface area contributed by atoms with Gasteiger partial charge in [-0.3, -0.25) is 0 Å². The second kappa shape index (κ2) is 8.60. The van der Waals surface area contributed by atoms with Crippen molar-refractivity contribution in [3.05, 3.63) is 40.8 Å². The molecule has 2 aliphatic rings. The molecule has 12 heteroatoms. The Morgan fingerprint density at radius 1 is 1.22 bits per heavy atom. The summed E-state index contributed by atoms with van der Waals surface area (Å²) < 4.78 is 28.0. The highest BCUT2D eigenvalue weighted by Gasteiger charge is 2.29. The highest BCUT2D eigenvalue weighted by atomic mass is 35.5. The topological polar surface area (TPSA) is 119 Å². The Bertz CT molecular complexity index is 1300. The molecule has 0 amide bonds. The first kappa shape index (κ1) is 21.6. The molecule has 0 saturated carbocycles. The van der Waals surface area contributed by atoms with E-state index in [1.165, 1.54) is 6.33 Å². The molecule has 1 aromatic carbocycles. The second-order valence-corrected chi connectivity index (χ2v) is 10.9. The summed E-state index contributed by atoms with van der Waals surface area (Å²) in [6, 6.07) is 6.70. The lowest BCUT2D eigenvalue weighted by molar-refractivity contribution is 0.0709. The van der Waals surface area contributed by atoms with Crippen molar-refractivity contribution in [2.45, 2.75) is 18.6 Å². The van der Waals surface area contributed by atoms with Crippen molar-refractivity contribution in [3.8, 4) is 5.88 Å². The number of rotatable bonds is 5. The molecule has 2 atom stereocenters. The number of aliphatic hydroxyl groups excluding tert-OH is 1. The van der Waals surface area contributed by atoms with Gasteiger partial charge in [-0.1, -0.05) is 23.2 Å². The van der Waals surface area contributed by atoms with Gasteiger partial charge in [0, 0.05) is 11.5 Å². The van der Waals surface area contributed by atoms with Crippen molar-refractivity contribution in [2.75, 3.05) is 30.0 Å². The SMILES string of the molecule is O=S1(=Nc2cc(Cl)c3c(Nc4ccc(Cl)nc4O[C@H]4COC[C@@H]4O)ncnc3c2)CCC1. The second-order valence-electron chi connectivity index (χ2n) is 7.54. The van der Waals surface area contributed by atoms with Gasteiger partial charge >= 0.3 is 0 Å². The van der Waals surface area contributed by atoms with Crippen LogP contribution in [-0.2, 0) is 14.5 Å². The largest absolute Gasteiger partial charge is 0.468 e. The van der Waals surface area contributed by atoms with Crippen molar-refractivity contribution < 1.29 is 18.8 Å². The number of aromatic nitrogens is 3. The minimum absolute atomic E-state index is 0.194. The van der Waals surface area contributed by atoms with Crippen molar-refractivity contribution in [1.29, 1.82) is 0 Å². The maximum atomic E-state index is 12.5. The number of ether oxygens (including phenoxy) is 2. The molecule has 168 valence electrons. The summed E-state index contributed by atoms with van der Waals surface area (Å²) in [4.78, 5) is 12.9. The van der Waals surface area contributed by atoms with Gasteiger partial charge in [0.15, 0.2) is 6.10 Å². The zero-order chi connectivity index (χ0) is 22.3. The van der Waals surface area contributed by atoms with E-state index in [-0.39, 0.29) is 24.2 Å². The molecule has 0 aliphatic carbocycles. The summed E-state index contributed by atoms with van der Waals surface area (Å²) in [6.45, 7) is 0.437. The summed E-state index contributed by atoms with van der Waals surface area (Å²) in [5.41, 5.74) is 1.57. The Morgan fingerprint density at radius 2 is 2.06 bits per heavy atom. The van der Waals surface area contributed by atoms with Gasteiger partial charge in [-0.15, -0.1) is 0 Å². The van der Waals surface area contributed by atoms with Gasteiger partial charge in [-0.05, 0) is 30.7 Å². The van der Waals surface area contributed by atoms with E-state index in [1.807, 2.05) is 0 Å². The monoisotopic (exact) mass is 495 g/mol. The lowest BCUT2D eigenvalue weighted by atomic mass is 10.2. The molecule has 2 fully saturated rings. The Kier molecular flexibility index (Phi) is 5.81. The summed E-state index contributed by atoms with van der Waals surface area (Å²) >= 11 is 12.6. The van der Waals surface area contributed by atoms with Crippen LogP contribution >= 0.6 is 23.2 Å². The van der Waals surface area contributed by atoms with E-state index >= 15 is 0 Å². The third-order valence-electron chi connectivity index (χ3n) is 5.22. The zero-order valence-electron chi connectivity index (χ0n) is 16.7. The van der Waals surface area contributed by atoms with E-state index in [2.05, 4.69) is 24.6 Å². The number of aliphatic hydroxyl groups is 1. The Labute approximate surface area is 194 Å². The van der Waals surface area contributed by atoms with Crippen LogP contribution in [0, 0.1) is 0 Å². The highest BCUT2D eigenvalue weighted by molar-refractivity contribution is 7.95. The van der Waals surface area contributed by atoms with E-state index in [4.69, 9.17) is 32.7 Å². The standard InChI is InChI=1S/C20H19Cl2N5O4S/c21-12-6-11(27-32(29)4-1-5-32)7-14-18(12)19(24-10-23-14)25-13-2-3-17(22)26-20(13)31-16-9-30-8-15(16)28/h2-3,6-7,10,15-16,28H,1,4-5,8-9H2,(H,23,24,25)/t15-,16-/m0/s1. The van der Waals surface area contributed by atoms with Crippen LogP contribution in [0.1, 0.15) is 6.42 Å². The van der Waals surface area contributed by atoms with E-state index in [1.54, 1.807) is 24.3 Å². The van der Waals surface area contributed by atoms with E-state index in [0.717, 1.165) is 6.42 Å². The molecule has 5 rings (SSSR count). The normalized spacial score (nSPS) is 21.8. The number of benzene rings is 1. The van der Waals surface area contributed by atoms with Crippen molar-refractivity contribution in [1.82, 2.24) is 15.0 Å². The molecule has 0 radical (unpaired) electrons. The first-order valence-electron chi connectivity index (χ1n) is 9.93. The molecule has 32 heavy (non-hydrogen) atoms. The predicted octanol–water partition coefficient (Wildman–Crippen LogP) is 3.72. The van der Waals surface area contributed by atoms with Gasteiger partial charge in [0.05, 0.1) is 44.6 Å². The molecule has 2 aliphatic heterocycles. The van der Waals surface area contributed by atoms with Gasteiger partial charge in [0.25, 0.3) is 0 Å². The number of halogens is 2. The third-order valence-corrected chi connectivity index (χ3v) is 8.12. The van der Waals surface area contributed by atoms with E-state index in [9.17, 15) is 9.32 Å². The Morgan fingerprint density at radius 3 is 2.78 bits per heavy atom. The van der Waals surface area contributed by atoms with Crippen LogP contribution in [0.15, 0.2) is 35.0 Å². The summed E-state index contributed by atoms with van der Waals surface area (Å²) in [5, 5.41) is 14.4. The highest BCUT2D eigenvalue weighted by Crippen LogP contribution is 2.36. The number of hydrogen-bond donors (Lipinski definition) is 2. The van der Waals surface area contributed by atoms with Gasteiger partial charge in [0.1, 0.15) is 29.1 Å². The number of nitrogens with one attached hydrogen (secondary N) is 1. The van der Waals surface area contributed by atoms with Crippen LogP contribution in [0.3, 0.4) is 0 Å².